The Bertz CT molecular complexity index is 158. The van der Waals surface area contributed by atoms with Gasteiger partial charge in [-0.2, -0.15) is 0 Å². The van der Waals surface area contributed by atoms with Crippen LogP contribution in [0, 0.1) is 5.92 Å². The van der Waals surface area contributed by atoms with E-state index in [1.807, 2.05) is 13.8 Å². The number of nitrogens with zero attached hydrogens (tertiary/aromatic N) is 3. The molecule has 0 aromatic carbocycles. The van der Waals surface area contributed by atoms with Crippen molar-refractivity contribution < 1.29 is 10.2 Å². The molecule has 0 spiro atoms. The highest BCUT2D eigenvalue weighted by Crippen LogP contribution is 2.15. The van der Waals surface area contributed by atoms with Crippen molar-refractivity contribution in [1.29, 1.82) is 0 Å². The smallest absolute Gasteiger partial charge is 0.0858 e. The average Bonchev–Trinajstić information content (AvgIpc) is 2.11. The molecule has 0 aliphatic heterocycles. The number of hydrogen-bond acceptors (Lipinski definition) is 3. The third-order valence-electron chi connectivity index (χ3n) is 1.99. The van der Waals surface area contributed by atoms with E-state index in [4.69, 9.17) is 10.6 Å². The second-order valence-electron chi connectivity index (χ2n) is 2.83. The number of aliphatic hydroxyl groups is 2. The van der Waals surface area contributed by atoms with Gasteiger partial charge in [0.2, 0.25) is 0 Å². The second kappa shape index (κ2) is 5.83. The molecular formula is C7H15N3O2. The van der Waals surface area contributed by atoms with E-state index < -0.39 is 12.1 Å². The largest absolute Gasteiger partial charge is 0.394 e. The number of rotatable bonds is 5. The zero-order valence-electron chi connectivity index (χ0n) is 7.38. The lowest BCUT2D eigenvalue weighted by molar-refractivity contribution is 0.0585. The van der Waals surface area contributed by atoms with Crippen LogP contribution in [0.3, 0.4) is 0 Å². The van der Waals surface area contributed by atoms with Crippen molar-refractivity contribution >= 4 is 0 Å². The Kier molecular flexibility index (Phi) is 5.45. The molecule has 0 saturated carbocycles. The van der Waals surface area contributed by atoms with Crippen LogP contribution in [-0.4, -0.2) is 29.0 Å². The van der Waals surface area contributed by atoms with Gasteiger partial charge in [-0.3, -0.25) is 0 Å². The lowest BCUT2D eigenvalue weighted by atomic mass is 9.95. The molecule has 0 unspecified atom stereocenters. The molecule has 0 radical (unpaired) electrons. The molecule has 3 atom stereocenters. The Morgan fingerprint density at radius 1 is 1.58 bits per heavy atom. The molecule has 70 valence electrons. The fourth-order valence-corrected chi connectivity index (χ4v) is 0.979. The van der Waals surface area contributed by atoms with E-state index in [-0.39, 0.29) is 12.5 Å². The van der Waals surface area contributed by atoms with E-state index >= 15 is 0 Å². The summed E-state index contributed by atoms with van der Waals surface area (Å²) in [7, 11) is 0. The van der Waals surface area contributed by atoms with Crippen molar-refractivity contribution in [2.45, 2.75) is 32.4 Å². The van der Waals surface area contributed by atoms with E-state index in [0.717, 1.165) is 6.42 Å². The van der Waals surface area contributed by atoms with Gasteiger partial charge in [-0.25, -0.2) is 0 Å². The highest BCUT2D eigenvalue weighted by molar-refractivity contribution is 4.79. The van der Waals surface area contributed by atoms with Crippen molar-refractivity contribution in [3.63, 3.8) is 0 Å². The Morgan fingerprint density at radius 3 is 2.50 bits per heavy atom. The van der Waals surface area contributed by atoms with E-state index in [9.17, 15) is 5.11 Å². The number of aliphatic hydroxyl groups excluding tert-OH is 2. The minimum Gasteiger partial charge on any atom is -0.394 e. The van der Waals surface area contributed by atoms with E-state index in [1.165, 1.54) is 0 Å². The highest BCUT2D eigenvalue weighted by atomic mass is 16.3. The third kappa shape index (κ3) is 3.09. The zero-order chi connectivity index (χ0) is 9.56. The maximum atomic E-state index is 9.24. The SMILES string of the molecule is CC[C@H](C)[C@H](N=[N+]=[N-])[C@H](O)CO. The number of hydrogen-bond donors (Lipinski definition) is 2. The molecule has 0 heterocycles. The molecule has 0 saturated heterocycles. The lowest BCUT2D eigenvalue weighted by Crippen LogP contribution is -2.32. The van der Waals surface area contributed by atoms with Crippen molar-refractivity contribution in [1.82, 2.24) is 0 Å². The molecule has 0 aromatic rings. The predicted molar refractivity (Wildman–Crippen MR) is 45.5 cm³/mol. The topological polar surface area (TPSA) is 89.2 Å². The van der Waals surface area contributed by atoms with Crippen LogP contribution in [0.2, 0.25) is 0 Å². The van der Waals surface area contributed by atoms with Gasteiger partial charge < -0.3 is 10.2 Å². The van der Waals surface area contributed by atoms with Gasteiger partial charge in [-0.1, -0.05) is 25.4 Å². The first-order valence-electron chi connectivity index (χ1n) is 4.00. The number of azide groups is 1. The first kappa shape index (κ1) is 11.2. The van der Waals surface area contributed by atoms with Gasteiger partial charge >= 0.3 is 0 Å². The summed E-state index contributed by atoms with van der Waals surface area (Å²) in [6, 6.07) is -0.523. The molecule has 0 bridgehead atoms. The van der Waals surface area contributed by atoms with E-state index in [2.05, 4.69) is 10.0 Å². The summed E-state index contributed by atoms with van der Waals surface area (Å²) in [5.41, 5.74) is 8.19. The van der Waals surface area contributed by atoms with Crippen molar-refractivity contribution in [3.05, 3.63) is 10.4 Å². The first-order chi connectivity index (χ1) is 5.67. The lowest BCUT2D eigenvalue weighted by Gasteiger charge is -2.21. The van der Waals surface area contributed by atoms with Crippen molar-refractivity contribution in [2.75, 3.05) is 6.61 Å². The highest BCUT2D eigenvalue weighted by Gasteiger charge is 2.21. The van der Waals surface area contributed by atoms with Gasteiger partial charge in [0, 0.05) is 4.91 Å². The van der Waals surface area contributed by atoms with Crippen LogP contribution in [0.25, 0.3) is 10.4 Å². The quantitative estimate of drug-likeness (QED) is 0.370. The summed E-state index contributed by atoms with van der Waals surface area (Å²) < 4.78 is 0. The summed E-state index contributed by atoms with van der Waals surface area (Å²) >= 11 is 0. The standard InChI is InChI=1S/C7H15N3O2/c1-3-5(2)7(9-10-8)6(12)4-11/h5-7,11-12H,3-4H2,1-2H3/t5-,6+,7-/m0/s1. The molecular weight excluding hydrogens is 158 g/mol. The van der Waals surface area contributed by atoms with Crippen LogP contribution < -0.4 is 0 Å². The van der Waals surface area contributed by atoms with Crippen LogP contribution in [-0.2, 0) is 0 Å². The molecule has 0 amide bonds. The predicted octanol–water partition coefficient (Wildman–Crippen LogP) is 1.06. The van der Waals surface area contributed by atoms with Gasteiger partial charge in [-0.15, -0.1) is 0 Å². The van der Waals surface area contributed by atoms with Gasteiger partial charge in [0.25, 0.3) is 0 Å². The van der Waals surface area contributed by atoms with Crippen molar-refractivity contribution in [3.8, 4) is 0 Å². The maximum Gasteiger partial charge on any atom is 0.0858 e. The van der Waals surface area contributed by atoms with Crippen LogP contribution in [0.5, 0.6) is 0 Å². The minimum absolute atomic E-state index is 0.0862. The molecule has 0 fully saturated rings. The van der Waals surface area contributed by atoms with Crippen LogP contribution in [0.1, 0.15) is 20.3 Å². The molecule has 5 nitrogen and oxygen atoms in total. The van der Waals surface area contributed by atoms with Crippen LogP contribution in [0.15, 0.2) is 5.11 Å². The molecule has 0 rings (SSSR count). The zero-order valence-corrected chi connectivity index (χ0v) is 7.38. The summed E-state index contributed by atoms with van der Waals surface area (Å²) in [4.78, 5) is 2.63. The fraction of sp³-hybridized carbons (Fsp3) is 1.00. The fourth-order valence-electron chi connectivity index (χ4n) is 0.979. The Labute approximate surface area is 71.7 Å². The van der Waals surface area contributed by atoms with Gasteiger partial charge in [0.1, 0.15) is 0 Å². The third-order valence-corrected chi connectivity index (χ3v) is 1.99. The molecule has 5 heteroatoms. The van der Waals surface area contributed by atoms with E-state index in [1.54, 1.807) is 0 Å². The summed E-state index contributed by atoms with van der Waals surface area (Å²) in [5, 5.41) is 21.3. The average molecular weight is 173 g/mol. The van der Waals surface area contributed by atoms with Gasteiger partial charge in [0.05, 0.1) is 18.8 Å². The molecule has 0 aromatic heterocycles. The Hall–Kier alpha value is -0.770. The monoisotopic (exact) mass is 173 g/mol. The van der Waals surface area contributed by atoms with Crippen molar-refractivity contribution in [2.24, 2.45) is 11.0 Å². The maximum absolute atomic E-state index is 9.24. The van der Waals surface area contributed by atoms with Crippen LogP contribution in [0.4, 0.5) is 0 Å². The van der Waals surface area contributed by atoms with Gasteiger partial charge in [-0.05, 0) is 11.4 Å². The van der Waals surface area contributed by atoms with E-state index in [0.29, 0.717) is 0 Å². The summed E-state index contributed by atoms with van der Waals surface area (Å²) in [5.74, 6) is 0.0862. The Balaban J connectivity index is 4.30. The molecule has 0 aliphatic rings. The molecule has 0 aliphatic carbocycles. The van der Waals surface area contributed by atoms with Crippen LogP contribution >= 0.6 is 0 Å². The molecule has 2 N–H and O–H groups in total. The molecule has 12 heavy (non-hydrogen) atoms. The normalized spacial score (nSPS) is 17.7. The summed E-state index contributed by atoms with van der Waals surface area (Å²) in [6.07, 6.45) is -0.142. The Morgan fingerprint density at radius 2 is 2.17 bits per heavy atom. The first-order valence-corrected chi connectivity index (χ1v) is 4.00. The minimum atomic E-state index is -0.948. The summed E-state index contributed by atoms with van der Waals surface area (Å²) in [6.45, 7) is 3.45. The van der Waals surface area contributed by atoms with Gasteiger partial charge in [0.15, 0.2) is 0 Å². The second-order valence-corrected chi connectivity index (χ2v) is 2.83.